The highest BCUT2D eigenvalue weighted by atomic mass is 14.9. The monoisotopic (exact) mass is 184 g/mol. The van der Waals surface area contributed by atoms with E-state index >= 15 is 0 Å². The highest BCUT2D eigenvalue weighted by molar-refractivity contribution is 4.89. The van der Waals surface area contributed by atoms with Gasteiger partial charge in [-0.2, -0.15) is 0 Å². The van der Waals surface area contributed by atoms with Crippen LogP contribution in [0.4, 0.5) is 0 Å². The summed E-state index contributed by atoms with van der Waals surface area (Å²) in [6, 6.07) is 0. The zero-order valence-corrected chi connectivity index (χ0v) is 8.94. The maximum atomic E-state index is 5.40. The van der Waals surface area contributed by atoms with E-state index < -0.39 is 0 Å². The van der Waals surface area contributed by atoms with Crippen LogP contribution in [0, 0.1) is 0 Å². The molecule has 3 N–H and O–H groups in total. The van der Waals surface area contributed by atoms with Gasteiger partial charge in [0.15, 0.2) is 0 Å². The fourth-order valence-electron chi connectivity index (χ4n) is 1.28. The van der Waals surface area contributed by atoms with Gasteiger partial charge in [0.2, 0.25) is 0 Å². The summed E-state index contributed by atoms with van der Waals surface area (Å²) < 4.78 is 0. The van der Waals surface area contributed by atoms with E-state index in [1.165, 1.54) is 31.4 Å². The molecule has 0 aliphatic heterocycles. The van der Waals surface area contributed by atoms with Gasteiger partial charge in [-0.3, -0.25) is 0 Å². The molecule has 78 valence electrons. The topological polar surface area (TPSA) is 38.0 Å². The van der Waals surface area contributed by atoms with E-state index in [4.69, 9.17) is 5.73 Å². The van der Waals surface area contributed by atoms with Crippen LogP contribution in [0.3, 0.4) is 0 Å². The summed E-state index contributed by atoms with van der Waals surface area (Å²) in [7, 11) is 0. The SMILES string of the molecule is C=C(CCC)NCCCCCCN. The first-order chi connectivity index (χ1) is 6.31. The average Bonchev–Trinajstić information content (AvgIpc) is 2.11. The Bertz CT molecular complexity index is 121. The van der Waals surface area contributed by atoms with Crippen LogP contribution in [0.5, 0.6) is 0 Å². The van der Waals surface area contributed by atoms with Crippen LogP contribution >= 0.6 is 0 Å². The molecule has 0 heterocycles. The van der Waals surface area contributed by atoms with E-state index in [-0.39, 0.29) is 0 Å². The Morgan fingerprint density at radius 2 is 1.92 bits per heavy atom. The minimum atomic E-state index is 0.829. The third-order valence-electron chi connectivity index (χ3n) is 2.06. The molecule has 2 nitrogen and oxygen atoms in total. The molecule has 0 aliphatic carbocycles. The van der Waals surface area contributed by atoms with Crippen molar-refractivity contribution in [2.45, 2.75) is 45.4 Å². The molecule has 0 aromatic heterocycles. The van der Waals surface area contributed by atoms with Gasteiger partial charge in [0.05, 0.1) is 0 Å². The highest BCUT2D eigenvalue weighted by Crippen LogP contribution is 2.00. The summed E-state index contributed by atoms with van der Waals surface area (Å²) in [6.45, 7) is 8.02. The first kappa shape index (κ1) is 12.5. The van der Waals surface area contributed by atoms with Crippen molar-refractivity contribution in [3.63, 3.8) is 0 Å². The molecule has 0 saturated heterocycles. The van der Waals surface area contributed by atoms with Crippen molar-refractivity contribution in [2.75, 3.05) is 13.1 Å². The van der Waals surface area contributed by atoms with Gasteiger partial charge in [-0.1, -0.05) is 32.8 Å². The van der Waals surface area contributed by atoms with Gasteiger partial charge in [0.1, 0.15) is 0 Å². The van der Waals surface area contributed by atoms with E-state index in [9.17, 15) is 0 Å². The number of hydrogen-bond acceptors (Lipinski definition) is 2. The average molecular weight is 184 g/mol. The Morgan fingerprint density at radius 3 is 2.54 bits per heavy atom. The minimum absolute atomic E-state index is 0.829. The molecule has 0 amide bonds. The van der Waals surface area contributed by atoms with Crippen LogP contribution in [-0.4, -0.2) is 13.1 Å². The van der Waals surface area contributed by atoms with E-state index in [0.29, 0.717) is 0 Å². The van der Waals surface area contributed by atoms with Gasteiger partial charge in [0.25, 0.3) is 0 Å². The van der Waals surface area contributed by atoms with Crippen LogP contribution in [0.2, 0.25) is 0 Å². The molecule has 13 heavy (non-hydrogen) atoms. The Morgan fingerprint density at radius 1 is 1.23 bits per heavy atom. The standard InChI is InChI=1S/C11H24N2/c1-3-8-11(2)13-10-7-5-4-6-9-12/h13H,2-10,12H2,1H3. The van der Waals surface area contributed by atoms with Gasteiger partial charge in [0, 0.05) is 12.2 Å². The molecule has 0 aromatic carbocycles. The lowest BCUT2D eigenvalue weighted by molar-refractivity contribution is 0.613. The molecule has 0 unspecified atom stereocenters. The maximum absolute atomic E-state index is 5.40. The summed E-state index contributed by atoms with van der Waals surface area (Å²) in [4.78, 5) is 0. The molecule has 0 spiro atoms. The van der Waals surface area contributed by atoms with Crippen molar-refractivity contribution in [1.82, 2.24) is 5.32 Å². The van der Waals surface area contributed by atoms with Crippen molar-refractivity contribution in [3.05, 3.63) is 12.3 Å². The molecule has 0 aromatic rings. The number of nitrogens with two attached hydrogens (primary N) is 1. The molecule has 0 rings (SSSR count). The lowest BCUT2D eigenvalue weighted by Gasteiger charge is -2.07. The quantitative estimate of drug-likeness (QED) is 0.540. The zero-order valence-electron chi connectivity index (χ0n) is 8.94. The normalized spacial score (nSPS) is 10.0. The molecule has 0 bridgehead atoms. The largest absolute Gasteiger partial charge is 0.389 e. The summed E-state index contributed by atoms with van der Waals surface area (Å²) >= 11 is 0. The fourth-order valence-corrected chi connectivity index (χ4v) is 1.28. The molecular weight excluding hydrogens is 160 g/mol. The summed E-state index contributed by atoms with van der Waals surface area (Å²) in [5.74, 6) is 0. The second kappa shape index (κ2) is 9.59. The third-order valence-corrected chi connectivity index (χ3v) is 2.06. The second-order valence-electron chi connectivity index (χ2n) is 3.48. The number of allylic oxidation sites excluding steroid dienone is 1. The van der Waals surface area contributed by atoms with E-state index in [0.717, 1.165) is 25.9 Å². The molecule has 0 atom stereocenters. The number of nitrogens with one attached hydrogen (secondary N) is 1. The zero-order chi connectivity index (χ0) is 9.94. The molecule has 2 heteroatoms. The summed E-state index contributed by atoms with van der Waals surface area (Å²) in [5, 5.41) is 3.33. The fraction of sp³-hybridized carbons (Fsp3) is 0.818. The van der Waals surface area contributed by atoms with Crippen molar-refractivity contribution in [1.29, 1.82) is 0 Å². The molecule has 0 aliphatic rings. The summed E-state index contributed by atoms with van der Waals surface area (Å²) in [6.07, 6.45) is 7.22. The van der Waals surface area contributed by atoms with Gasteiger partial charge < -0.3 is 11.1 Å². The van der Waals surface area contributed by atoms with Gasteiger partial charge in [-0.25, -0.2) is 0 Å². The first-order valence-corrected chi connectivity index (χ1v) is 5.43. The van der Waals surface area contributed by atoms with Crippen LogP contribution in [0.1, 0.15) is 45.4 Å². The third kappa shape index (κ3) is 9.41. The van der Waals surface area contributed by atoms with Gasteiger partial charge in [-0.05, 0) is 25.8 Å². The minimum Gasteiger partial charge on any atom is -0.389 e. The lowest BCUT2D eigenvalue weighted by Crippen LogP contribution is -2.13. The molecular formula is C11H24N2. The highest BCUT2D eigenvalue weighted by Gasteiger charge is 1.91. The Labute approximate surface area is 82.6 Å². The number of hydrogen-bond donors (Lipinski definition) is 2. The van der Waals surface area contributed by atoms with Crippen molar-refractivity contribution in [2.24, 2.45) is 5.73 Å². The van der Waals surface area contributed by atoms with E-state index in [2.05, 4.69) is 18.8 Å². The van der Waals surface area contributed by atoms with E-state index in [1.54, 1.807) is 0 Å². The number of unbranched alkanes of at least 4 members (excludes halogenated alkanes) is 3. The van der Waals surface area contributed by atoms with Crippen LogP contribution in [0.15, 0.2) is 12.3 Å². The maximum Gasteiger partial charge on any atom is 0.0143 e. The predicted octanol–water partition coefficient (Wildman–Crippen LogP) is 2.41. The van der Waals surface area contributed by atoms with Gasteiger partial charge >= 0.3 is 0 Å². The number of rotatable bonds is 9. The lowest BCUT2D eigenvalue weighted by atomic mass is 10.2. The Hall–Kier alpha value is -0.500. The van der Waals surface area contributed by atoms with Crippen LogP contribution in [-0.2, 0) is 0 Å². The smallest absolute Gasteiger partial charge is 0.0143 e. The molecule has 0 saturated carbocycles. The second-order valence-corrected chi connectivity index (χ2v) is 3.48. The molecule has 0 fully saturated rings. The molecule has 0 radical (unpaired) electrons. The van der Waals surface area contributed by atoms with Crippen molar-refractivity contribution in [3.8, 4) is 0 Å². The Kier molecular flexibility index (Phi) is 9.22. The van der Waals surface area contributed by atoms with Gasteiger partial charge in [-0.15, -0.1) is 0 Å². The predicted molar refractivity (Wildman–Crippen MR) is 59.6 cm³/mol. The van der Waals surface area contributed by atoms with Crippen molar-refractivity contribution < 1.29 is 0 Å². The van der Waals surface area contributed by atoms with Crippen LogP contribution in [0.25, 0.3) is 0 Å². The first-order valence-electron chi connectivity index (χ1n) is 5.43. The summed E-state index contributed by atoms with van der Waals surface area (Å²) in [5.41, 5.74) is 6.58. The van der Waals surface area contributed by atoms with E-state index in [1.807, 2.05) is 0 Å². The Balaban J connectivity index is 3.02. The van der Waals surface area contributed by atoms with Crippen LogP contribution < -0.4 is 11.1 Å². The van der Waals surface area contributed by atoms with Crippen molar-refractivity contribution >= 4 is 0 Å².